The molecule has 0 aromatic heterocycles. The van der Waals surface area contributed by atoms with Gasteiger partial charge in [0.15, 0.2) is 6.10 Å². The Morgan fingerprint density at radius 1 is 0.304 bits per heavy atom. The molecule has 0 heterocycles. The van der Waals surface area contributed by atoms with Crippen LogP contribution in [0.4, 0.5) is 0 Å². The van der Waals surface area contributed by atoms with Gasteiger partial charge in [-0.05, 0) is 57.8 Å². The Kier molecular flexibility index (Phi) is 52.1. The second-order valence-corrected chi connectivity index (χ2v) is 17.7. The van der Waals surface area contributed by atoms with E-state index in [1.54, 1.807) is 0 Å². The summed E-state index contributed by atoms with van der Waals surface area (Å²) in [5, 5.41) is 0. The number of hydrogen-bond donors (Lipinski definition) is 0. The fraction of sp³-hybridized carbons (Fsp3) is 0.571. The number of carbonyl (C=O) groups is 3. The third kappa shape index (κ3) is 54.1. The Balaban J connectivity index is 4.58. The molecule has 0 fully saturated rings. The van der Waals surface area contributed by atoms with Crippen molar-refractivity contribution < 1.29 is 28.6 Å². The second-order valence-electron chi connectivity index (χ2n) is 17.7. The van der Waals surface area contributed by atoms with E-state index in [9.17, 15) is 14.4 Å². The van der Waals surface area contributed by atoms with Crippen molar-refractivity contribution in [2.75, 3.05) is 13.2 Å². The summed E-state index contributed by atoms with van der Waals surface area (Å²) in [7, 11) is 0. The lowest BCUT2D eigenvalue weighted by Crippen LogP contribution is -2.30. The van der Waals surface area contributed by atoms with Gasteiger partial charge in [-0.3, -0.25) is 14.4 Å². The number of hydrogen-bond acceptors (Lipinski definition) is 6. The Bertz CT molecular complexity index is 1560. The molecule has 0 spiro atoms. The number of unbranched alkanes of at least 4 members (excludes halogenated alkanes) is 22. The number of rotatable bonds is 47. The third-order valence-electron chi connectivity index (χ3n) is 11.2. The van der Waals surface area contributed by atoms with Gasteiger partial charge < -0.3 is 14.2 Å². The van der Waals surface area contributed by atoms with Gasteiger partial charge in [-0.15, -0.1) is 0 Å². The first-order valence-electron chi connectivity index (χ1n) is 27.5. The van der Waals surface area contributed by atoms with Gasteiger partial charge in [0, 0.05) is 19.3 Å². The largest absolute Gasteiger partial charge is 0.462 e. The molecule has 69 heavy (non-hydrogen) atoms. The fourth-order valence-corrected chi connectivity index (χ4v) is 7.09. The molecule has 0 N–H and O–H groups in total. The predicted molar refractivity (Wildman–Crippen MR) is 297 cm³/mol. The quantitative estimate of drug-likeness (QED) is 0.0262. The zero-order valence-electron chi connectivity index (χ0n) is 44.0. The minimum Gasteiger partial charge on any atom is -0.462 e. The van der Waals surface area contributed by atoms with Gasteiger partial charge >= 0.3 is 17.9 Å². The molecule has 0 aliphatic heterocycles. The molecule has 0 saturated carbocycles. The first-order chi connectivity index (χ1) is 34.0. The van der Waals surface area contributed by atoms with Crippen LogP contribution in [0.1, 0.15) is 213 Å². The number of carbonyl (C=O) groups excluding carboxylic acids is 3. The van der Waals surface area contributed by atoms with Crippen LogP contribution in [0.2, 0.25) is 0 Å². The van der Waals surface area contributed by atoms with Crippen LogP contribution in [0.3, 0.4) is 0 Å². The van der Waals surface area contributed by atoms with Crippen LogP contribution < -0.4 is 0 Å². The standard InChI is InChI=1S/C63H98O6/c1-4-7-10-13-16-19-22-25-28-31-34-37-40-43-46-49-52-55-61(64)67-58-60(69-63(66)57-54-51-48-45-42-39-36-33-30-27-24-21-18-15-12-9-6-3)59-68-62(65)56-53-50-47-44-41-38-35-32-29-26-23-20-17-14-11-8-5-2/h7,9-10,12-13,15-16,18-19,21-22,24-25,27-28,30-31,33-34,36-37,39-40,42,60H,4-6,8,11,14,17,20,23,26,29,32,35,38,41,43-59H2,1-3H3/b10-7-,12-9-,16-13-,18-15-,22-19-,24-21-,28-25-,30-27-,34-31+,36-33+,40-37-,42-39-. The van der Waals surface area contributed by atoms with Crippen molar-refractivity contribution in [3.8, 4) is 0 Å². The summed E-state index contributed by atoms with van der Waals surface area (Å²) < 4.78 is 16.8. The van der Waals surface area contributed by atoms with Crippen LogP contribution in [0.5, 0.6) is 0 Å². The maximum absolute atomic E-state index is 12.8. The summed E-state index contributed by atoms with van der Waals surface area (Å²) in [6, 6.07) is 0. The molecule has 0 radical (unpaired) electrons. The molecule has 0 aliphatic carbocycles. The molecular formula is C63H98O6. The zero-order chi connectivity index (χ0) is 50.0. The molecule has 0 amide bonds. The molecule has 0 aromatic rings. The Morgan fingerprint density at radius 2 is 0.565 bits per heavy atom. The van der Waals surface area contributed by atoms with Crippen LogP contribution >= 0.6 is 0 Å². The van der Waals surface area contributed by atoms with E-state index in [1.165, 1.54) is 89.9 Å². The molecular weight excluding hydrogens is 853 g/mol. The summed E-state index contributed by atoms with van der Waals surface area (Å²) in [6.45, 7) is 6.27. The SMILES string of the molecule is CC\C=C/C=C\C=C/C=C\C=C\C=C/CCCCCC(=O)OCC(COC(=O)CCCCCCCCCCCCCCCCCCC)OC(=O)CCCCC\C=C/C=C/C=C\C=C/C=C\C=C/CC. The monoisotopic (exact) mass is 951 g/mol. The van der Waals surface area contributed by atoms with Crippen molar-refractivity contribution in [3.05, 3.63) is 146 Å². The van der Waals surface area contributed by atoms with Crippen molar-refractivity contribution in [1.82, 2.24) is 0 Å². The van der Waals surface area contributed by atoms with Crippen LogP contribution in [-0.2, 0) is 28.6 Å². The lowest BCUT2D eigenvalue weighted by molar-refractivity contribution is -0.167. The fourth-order valence-electron chi connectivity index (χ4n) is 7.09. The summed E-state index contributed by atoms with van der Waals surface area (Å²) in [5.74, 6) is -1.01. The first-order valence-corrected chi connectivity index (χ1v) is 27.5. The van der Waals surface area contributed by atoms with Gasteiger partial charge in [0.05, 0.1) is 0 Å². The average Bonchev–Trinajstić information content (AvgIpc) is 3.35. The smallest absolute Gasteiger partial charge is 0.306 e. The van der Waals surface area contributed by atoms with Gasteiger partial charge in [-0.1, -0.05) is 282 Å². The first kappa shape index (κ1) is 64.3. The number of esters is 3. The summed E-state index contributed by atoms with van der Waals surface area (Å²) in [6.07, 6.45) is 79.7. The van der Waals surface area contributed by atoms with Crippen LogP contribution in [0.15, 0.2) is 146 Å². The van der Waals surface area contributed by atoms with Crippen molar-refractivity contribution in [2.24, 2.45) is 0 Å². The highest BCUT2D eigenvalue weighted by Crippen LogP contribution is 2.15. The minimum absolute atomic E-state index is 0.115. The van der Waals surface area contributed by atoms with E-state index < -0.39 is 6.10 Å². The molecule has 6 nitrogen and oxygen atoms in total. The summed E-state index contributed by atoms with van der Waals surface area (Å²) in [5.41, 5.74) is 0. The summed E-state index contributed by atoms with van der Waals surface area (Å²) in [4.78, 5) is 38.1. The van der Waals surface area contributed by atoms with Gasteiger partial charge in [-0.25, -0.2) is 0 Å². The molecule has 1 atom stereocenters. The van der Waals surface area contributed by atoms with Gasteiger partial charge in [-0.2, -0.15) is 0 Å². The highest BCUT2D eigenvalue weighted by atomic mass is 16.6. The van der Waals surface area contributed by atoms with Crippen molar-refractivity contribution >= 4 is 17.9 Å². The maximum Gasteiger partial charge on any atom is 0.306 e. The molecule has 6 heteroatoms. The second kappa shape index (κ2) is 55.9. The Hall–Kier alpha value is -4.71. The molecule has 1 unspecified atom stereocenters. The molecule has 0 saturated heterocycles. The predicted octanol–water partition coefficient (Wildman–Crippen LogP) is 18.4. The molecule has 0 aromatic carbocycles. The number of ether oxygens (including phenoxy) is 3. The molecule has 0 aliphatic rings. The molecule has 0 bridgehead atoms. The van der Waals surface area contributed by atoms with Crippen LogP contribution in [0.25, 0.3) is 0 Å². The molecule has 0 rings (SSSR count). The lowest BCUT2D eigenvalue weighted by atomic mass is 10.0. The normalized spacial score (nSPS) is 13.3. The third-order valence-corrected chi connectivity index (χ3v) is 11.2. The van der Waals surface area contributed by atoms with Crippen molar-refractivity contribution in [3.63, 3.8) is 0 Å². The highest BCUT2D eigenvalue weighted by molar-refractivity contribution is 5.71. The van der Waals surface area contributed by atoms with Gasteiger partial charge in [0.2, 0.25) is 0 Å². The van der Waals surface area contributed by atoms with E-state index in [2.05, 4.69) is 45.1 Å². The molecule has 386 valence electrons. The van der Waals surface area contributed by atoms with Crippen LogP contribution in [-0.4, -0.2) is 37.2 Å². The minimum atomic E-state index is -0.825. The zero-order valence-corrected chi connectivity index (χ0v) is 44.0. The van der Waals surface area contributed by atoms with Gasteiger partial charge in [0.1, 0.15) is 13.2 Å². The van der Waals surface area contributed by atoms with E-state index in [1.807, 2.05) is 122 Å². The average molecular weight is 951 g/mol. The topological polar surface area (TPSA) is 78.9 Å². The lowest BCUT2D eigenvalue weighted by Gasteiger charge is -2.18. The highest BCUT2D eigenvalue weighted by Gasteiger charge is 2.19. The van der Waals surface area contributed by atoms with Crippen LogP contribution in [0, 0.1) is 0 Å². The Morgan fingerprint density at radius 3 is 0.884 bits per heavy atom. The van der Waals surface area contributed by atoms with E-state index in [0.717, 1.165) is 77.0 Å². The summed E-state index contributed by atoms with van der Waals surface area (Å²) >= 11 is 0. The van der Waals surface area contributed by atoms with E-state index in [-0.39, 0.29) is 37.5 Å². The Labute approximate surface area is 423 Å². The van der Waals surface area contributed by atoms with Gasteiger partial charge in [0.25, 0.3) is 0 Å². The van der Waals surface area contributed by atoms with E-state index in [0.29, 0.717) is 19.3 Å². The van der Waals surface area contributed by atoms with E-state index in [4.69, 9.17) is 14.2 Å². The maximum atomic E-state index is 12.8. The van der Waals surface area contributed by atoms with E-state index >= 15 is 0 Å². The van der Waals surface area contributed by atoms with Crippen molar-refractivity contribution in [1.29, 1.82) is 0 Å². The van der Waals surface area contributed by atoms with Crippen molar-refractivity contribution in [2.45, 2.75) is 219 Å². The number of allylic oxidation sites excluding steroid dienone is 24.